The molecule has 7 nitrogen and oxygen atoms in total. The molecule has 33 heavy (non-hydrogen) atoms. The first kappa shape index (κ1) is 23.8. The normalized spacial score (nSPS) is 22.6. The van der Waals surface area contributed by atoms with Gasteiger partial charge < -0.3 is 4.74 Å². The lowest BCUT2D eigenvalue weighted by Crippen LogP contribution is -2.44. The largest absolute Gasteiger partial charge is 0.459 e. The van der Waals surface area contributed by atoms with Gasteiger partial charge in [-0.3, -0.25) is 23.7 Å². The molecule has 2 aliphatic rings. The van der Waals surface area contributed by atoms with E-state index in [9.17, 15) is 23.2 Å². The standard InChI is InChI=1S/C23H29F2N3O4S/c1-12-6-15(12)28-19(30)18-13(2)16(9-26-10-17(29)32-22(3,4)5)33-20(18)27(21(28)31)11-14-7-23(24,25)8-14/h9,12,14-15H,6-8,10-11H2,1-5H3/t12-,15-/m0/s1. The zero-order chi connectivity index (χ0) is 24.3. The van der Waals surface area contributed by atoms with Crippen LogP contribution in [0.25, 0.3) is 10.2 Å². The average Bonchev–Trinajstić information content (AvgIpc) is 3.26. The Balaban J connectivity index is 1.72. The molecule has 0 radical (unpaired) electrons. The van der Waals surface area contributed by atoms with Crippen molar-refractivity contribution in [1.29, 1.82) is 0 Å². The van der Waals surface area contributed by atoms with Crippen LogP contribution in [0.2, 0.25) is 0 Å². The van der Waals surface area contributed by atoms with Crippen molar-refractivity contribution in [2.24, 2.45) is 16.8 Å². The van der Waals surface area contributed by atoms with Crippen LogP contribution in [0.5, 0.6) is 0 Å². The van der Waals surface area contributed by atoms with Gasteiger partial charge in [-0.15, -0.1) is 11.3 Å². The van der Waals surface area contributed by atoms with Crippen LogP contribution in [0.1, 0.15) is 63.4 Å². The lowest BCUT2D eigenvalue weighted by atomic mass is 9.81. The molecule has 0 unspecified atom stereocenters. The van der Waals surface area contributed by atoms with Gasteiger partial charge in [-0.25, -0.2) is 13.6 Å². The van der Waals surface area contributed by atoms with E-state index >= 15 is 0 Å². The van der Waals surface area contributed by atoms with Crippen molar-refractivity contribution >= 4 is 33.7 Å². The Kier molecular flexibility index (Phi) is 5.87. The summed E-state index contributed by atoms with van der Waals surface area (Å²) < 4.78 is 34.9. The number of carbonyl (C=O) groups is 1. The zero-order valence-corrected chi connectivity index (χ0v) is 20.3. The van der Waals surface area contributed by atoms with Gasteiger partial charge in [0.1, 0.15) is 17.0 Å². The molecule has 0 bridgehead atoms. The van der Waals surface area contributed by atoms with E-state index in [4.69, 9.17) is 4.74 Å². The fourth-order valence-electron chi connectivity index (χ4n) is 4.37. The molecule has 2 atom stereocenters. The maximum atomic E-state index is 13.4. The average molecular weight is 482 g/mol. The highest BCUT2D eigenvalue weighted by atomic mass is 32.1. The zero-order valence-electron chi connectivity index (χ0n) is 19.5. The molecule has 0 aromatic carbocycles. The smallest absolute Gasteiger partial charge is 0.332 e. The van der Waals surface area contributed by atoms with Crippen molar-refractivity contribution in [3.63, 3.8) is 0 Å². The van der Waals surface area contributed by atoms with Gasteiger partial charge in [-0.2, -0.15) is 0 Å². The molecule has 2 aromatic heterocycles. The molecule has 2 aromatic rings. The van der Waals surface area contributed by atoms with Crippen LogP contribution in [0.15, 0.2) is 14.6 Å². The Morgan fingerprint density at radius 3 is 2.48 bits per heavy atom. The molecule has 4 rings (SSSR count). The van der Waals surface area contributed by atoms with Gasteiger partial charge in [-0.05, 0) is 51.5 Å². The lowest BCUT2D eigenvalue weighted by Gasteiger charge is -2.35. The van der Waals surface area contributed by atoms with Gasteiger partial charge in [0.05, 0.1) is 10.3 Å². The third-order valence-corrected chi connectivity index (χ3v) is 7.39. The number of esters is 1. The van der Waals surface area contributed by atoms with Crippen molar-refractivity contribution in [3.05, 3.63) is 31.3 Å². The van der Waals surface area contributed by atoms with Crippen molar-refractivity contribution in [3.8, 4) is 0 Å². The summed E-state index contributed by atoms with van der Waals surface area (Å²) in [5.74, 6) is -3.23. The highest BCUT2D eigenvalue weighted by Crippen LogP contribution is 2.44. The van der Waals surface area contributed by atoms with Gasteiger partial charge in [-0.1, -0.05) is 6.92 Å². The molecule has 0 spiro atoms. The number of fused-ring (bicyclic) bond motifs is 1. The fourth-order valence-corrected chi connectivity index (χ4v) is 5.57. The topological polar surface area (TPSA) is 82.7 Å². The van der Waals surface area contributed by atoms with Crippen LogP contribution in [-0.2, 0) is 16.1 Å². The third kappa shape index (κ3) is 4.81. The second kappa shape index (κ2) is 8.14. The second-order valence-corrected chi connectivity index (χ2v) is 11.3. The van der Waals surface area contributed by atoms with Gasteiger partial charge in [0, 0.05) is 31.6 Å². The number of aliphatic imine (C=N–C) groups is 1. The summed E-state index contributed by atoms with van der Waals surface area (Å²) in [6.45, 7) is 9.06. The van der Waals surface area contributed by atoms with E-state index in [0.717, 1.165) is 6.42 Å². The summed E-state index contributed by atoms with van der Waals surface area (Å²) in [5.41, 5.74) is -0.724. The van der Waals surface area contributed by atoms with Crippen LogP contribution in [0, 0.1) is 18.8 Å². The molecular weight excluding hydrogens is 452 g/mol. The number of thiophene rings is 1. The second-order valence-electron chi connectivity index (χ2n) is 10.3. The summed E-state index contributed by atoms with van der Waals surface area (Å²) >= 11 is 1.22. The van der Waals surface area contributed by atoms with E-state index in [1.54, 1.807) is 27.7 Å². The predicted molar refractivity (Wildman–Crippen MR) is 124 cm³/mol. The van der Waals surface area contributed by atoms with Gasteiger partial charge in [0.2, 0.25) is 5.92 Å². The molecule has 2 aliphatic carbocycles. The third-order valence-electron chi connectivity index (χ3n) is 6.14. The SMILES string of the molecule is Cc1c(C=NCC(=O)OC(C)(C)C)sc2c1c(=O)n([C@H]1C[C@@H]1C)c(=O)n2CC1CC(F)(F)C1. The molecule has 10 heteroatoms. The molecule has 0 aliphatic heterocycles. The number of halogens is 2. The number of aromatic nitrogens is 2. The van der Waals surface area contributed by atoms with E-state index in [1.807, 2.05) is 6.92 Å². The molecule has 0 saturated heterocycles. The molecule has 2 fully saturated rings. The summed E-state index contributed by atoms with van der Waals surface area (Å²) in [4.78, 5) is 43.8. The quantitative estimate of drug-likeness (QED) is 0.463. The van der Waals surface area contributed by atoms with Gasteiger partial charge in [0.25, 0.3) is 5.56 Å². The van der Waals surface area contributed by atoms with Crippen LogP contribution in [-0.4, -0.2) is 39.4 Å². The van der Waals surface area contributed by atoms with E-state index in [1.165, 1.54) is 26.7 Å². The van der Waals surface area contributed by atoms with Crippen LogP contribution < -0.4 is 11.2 Å². The van der Waals surface area contributed by atoms with Crippen molar-refractivity contribution in [1.82, 2.24) is 9.13 Å². The minimum absolute atomic E-state index is 0.154. The Morgan fingerprint density at radius 1 is 1.30 bits per heavy atom. The minimum Gasteiger partial charge on any atom is -0.459 e. The Bertz CT molecular complexity index is 1240. The number of hydrogen-bond donors (Lipinski definition) is 0. The number of alkyl halides is 2. The van der Waals surface area contributed by atoms with Crippen LogP contribution in [0.4, 0.5) is 8.78 Å². The Morgan fingerprint density at radius 2 is 1.94 bits per heavy atom. The minimum atomic E-state index is -2.68. The maximum absolute atomic E-state index is 13.4. The number of aryl methyl sites for hydroxylation is 1. The maximum Gasteiger partial charge on any atom is 0.332 e. The molecule has 2 heterocycles. The van der Waals surface area contributed by atoms with E-state index in [2.05, 4.69) is 4.99 Å². The summed E-state index contributed by atoms with van der Waals surface area (Å²) in [6.07, 6.45) is 1.75. The predicted octanol–water partition coefficient (Wildman–Crippen LogP) is 3.92. The molecule has 180 valence electrons. The van der Waals surface area contributed by atoms with E-state index < -0.39 is 23.2 Å². The summed E-state index contributed by atoms with van der Waals surface area (Å²) in [6, 6.07) is -0.160. The van der Waals surface area contributed by atoms with E-state index in [0.29, 0.717) is 20.7 Å². The molecular formula is C23H29F2N3O4S. The number of carbonyl (C=O) groups excluding carboxylic acids is 1. The first-order chi connectivity index (χ1) is 15.3. The van der Waals surface area contributed by atoms with Crippen molar-refractivity contribution in [2.75, 3.05) is 6.54 Å². The Labute approximate surface area is 194 Å². The van der Waals surface area contributed by atoms with Gasteiger partial charge in [0.15, 0.2) is 0 Å². The van der Waals surface area contributed by atoms with Crippen molar-refractivity contribution < 1.29 is 18.3 Å². The lowest BCUT2D eigenvalue weighted by molar-refractivity contribution is -0.152. The monoisotopic (exact) mass is 481 g/mol. The number of rotatable bonds is 6. The summed E-state index contributed by atoms with van der Waals surface area (Å²) in [5, 5.41) is 0.420. The van der Waals surface area contributed by atoms with Gasteiger partial charge >= 0.3 is 11.7 Å². The molecule has 0 N–H and O–H groups in total. The first-order valence-corrected chi connectivity index (χ1v) is 12.0. The first-order valence-electron chi connectivity index (χ1n) is 11.2. The van der Waals surface area contributed by atoms with Crippen LogP contribution in [0.3, 0.4) is 0 Å². The number of ether oxygens (including phenoxy) is 1. The number of nitrogens with zero attached hydrogens (tertiary/aromatic N) is 3. The highest BCUT2D eigenvalue weighted by Gasteiger charge is 2.46. The van der Waals surface area contributed by atoms with E-state index in [-0.39, 0.29) is 49.4 Å². The number of hydrogen-bond acceptors (Lipinski definition) is 6. The van der Waals surface area contributed by atoms with Crippen molar-refractivity contribution in [2.45, 2.75) is 78.0 Å². The molecule has 0 amide bonds. The fraction of sp³-hybridized carbons (Fsp3) is 0.652. The van der Waals surface area contributed by atoms with Crippen LogP contribution >= 0.6 is 11.3 Å². The molecule has 2 saturated carbocycles. The summed E-state index contributed by atoms with van der Waals surface area (Å²) in [7, 11) is 0. The Hall–Kier alpha value is -2.36. The highest BCUT2D eigenvalue weighted by molar-refractivity contribution is 7.20.